The molecule has 0 unspecified atom stereocenters. The molecule has 0 aliphatic carbocycles. The molecule has 2 amide bonds. The molecule has 0 fully saturated rings. The lowest BCUT2D eigenvalue weighted by Crippen LogP contribution is -2.22. The van der Waals surface area contributed by atoms with Crippen LogP contribution in [0, 0.1) is 0 Å². The Morgan fingerprint density at radius 1 is 1.57 bits per heavy atom. The van der Waals surface area contributed by atoms with Gasteiger partial charge in [-0.15, -0.1) is 4.39 Å². The minimum Gasteiger partial charge on any atom is -0.275 e. The van der Waals surface area contributed by atoms with Crippen molar-refractivity contribution in [3.8, 4) is 0 Å². The summed E-state index contributed by atoms with van der Waals surface area (Å²) in [6.45, 7) is 1.05. The molecule has 0 aliphatic heterocycles. The van der Waals surface area contributed by atoms with E-state index in [-0.39, 0.29) is 0 Å². The highest BCUT2D eigenvalue weighted by molar-refractivity contribution is 5.89. The minimum absolute atomic E-state index is 0.687. The second-order valence-corrected chi connectivity index (χ2v) is 0.955. The van der Waals surface area contributed by atoms with Crippen LogP contribution in [0.25, 0.3) is 0 Å². The molecule has 7 heavy (non-hydrogen) atoms. The third-order valence-corrected chi connectivity index (χ3v) is 0.274. The Balaban J connectivity index is 3.32. The molecule has 0 bridgehead atoms. The lowest BCUT2D eigenvalue weighted by molar-refractivity contribution is -0.118. The standard InChI is InChI=1S/C3H4FNO2/c1-2(6)5-3(4)7/h1H3,(H,5,6,7). The molecule has 0 saturated carbocycles. The molecule has 0 aromatic heterocycles. The molecular weight excluding hydrogens is 101 g/mol. The largest absolute Gasteiger partial charge is 0.404 e. The number of rotatable bonds is 0. The van der Waals surface area contributed by atoms with Crippen molar-refractivity contribution < 1.29 is 14.0 Å². The van der Waals surface area contributed by atoms with Gasteiger partial charge in [0.15, 0.2) is 0 Å². The van der Waals surface area contributed by atoms with Crippen LogP contribution < -0.4 is 5.32 Å². The molecule has 3 nitrogen and oxygen atoms in total. The quantitative estimate of drug-likeness (QED) is 0.353. The van der Waals surface area contributed by atoms with Crippen LogP contribution in [0.5, 0.6) is 0 Å². The molecule has 1 N–H and O–H groups in total. The van der Waals surface area contributed by atoms with E-state index in [2.05, 4.69) is 0 Å². The van der Waals surface area contributed by atoms with Gasteiger partial charge >= 0.3 is 6.16 Å². The van der Waals surface area contributed by atoms with Crippen LogP contribution in [0.3, 0.4) is 0 Å². The molecule has 0 saturated heterocycles. The second-order valence-electron chi connectivity index (χ2n) is 0.955. The summed E-state index contributed by atoms with van der Waals surface area (Å²) in [4.78, 5) is 18.9. The fraction of sp³-hybridized carbons (Fsp3) is 0.333. The zero-order valence-electron chi connectivity index (χ0n) is 3.69. The molecule has 0 rings (SSSR count). The van der Waals surface area contributed by atoms with Crippen molar-refractivity contribution in [3.05, 3.63) is 0 Å². The summed E-state index contributed by atoms with van der Waals surface area (Å²) in [7, 11) is 0. The number of nitrogens with one attached hydrogen (secondary N) is 1. The monoisotopic (exact) mass is 105 g/mol. The summed E-state index contributed by atoms with van der Waals surface area (Å²) in [5.74, 6) is -0.687. The van der Waals surface area contributed by atoms with Gasteiger partial charge in [-0.05, 0) is 0 Å². The van der Waals surface area contributed by atoms with Crippen molar-refractivity contribution in [3.63, 3.8) is 0 Å². The summed E-state index contributed by atoms with van der Waals surface area (Å²) in [6, 6.07) is 0. The smallest absolute Gasteiger partial charge is 0.275 e. The minimum atomic E-state index is -1.81. The lowest BCUT2D eigenvalue weighted by Gasteiger charge is -1.84. The number of hydrogen-bond acceptors (Lipinski definition) is 2. The number of carbonyl (C=O) groups excluding carboxylic acids is 2. The highest BCUT2D eigenvalue weighted by Crippen LogP contribution is 1.67. The molecule has 40 valence electrons. The first-order valence-corrected chi connectivity index (χ1v) is 1.60. The van der Waals surface area contributed by atoms with Crippen LogP contribution in [0.15, 0.2) is 0 Å². The third kappa shape index (κ3) is 5.07. The van der Waals surface area contributed by atoms with Crippen molar-refractivity contribution in [1.82, 2.24) is 5.32 Å². The zero-order valence-corrected chi connectivity index (χ0v) is 3.69. The lowest BCUT2D eigenvalue weighted by atomic mass is 10.7. The van der Waals surface area contributed by atoms with Gasteiger partial charge in [0.05, 0.1) is 0 Å². The second kappa shape index (κ2) is 2.28. The van der Waals surface area contributed by atoms with Crippen molar-refractivity contribution in [1.29, 1.82) is 0 Å². The fourth-order valence-electron chi connectivity index (χ4n) is 0.138. The van der Waals surface area contributed by atoms with Crippen molar-refractivity contribution in [2.75, 3.05) is 0 Å². The molecular formula is C3H4FNO2. The first-order valence-electron chi connectivity index (χ1n) is 1.60. The summed E-state index contributed by atoms with van der Waals surface area (Å²) in [5.41, 5.74) is 0. The van der Waals surface area contributed by atoms with E-state index < -0.39 is 12.1 Å². The highest BCUT2D eigenvalue weighted by atomic mass is 19.1. The summed E-state index contributed by atoms with van der Waals surface area (Å²) in [5, 5.41) is 1.36. The maximum Gasteiger partial charge on any atom is 0.404 e. The van der Waals surface area contributed by atoms with Gasteiger partial charge in [0.1, 0.15) is 0 Å². The maximum atomic E-state index is 11.0. The van der Waals surface area contributed by atoms with Crippen molar-refractivity contribution in [2.24, 2.45) is 0 Å². The van der Waals surface area contributed by atoms with E-state index in [4.69, 9.17) is 0 Å². The summed E-state index contributed by atoms with van der Waals surface area (Å²) < 4.78 is 11.0. The van der Waals surface area contributed by atoms with Gasteiger partial charge in [-0.25, -0.2) is 4.79 Å². The molecule has 0 aromatic rings. The predicted molar refractivity (Wildman–Crippen MR) is 20.3 cm³/mol. The van der Waals surface area contributed by atoms with Gasteiger partial charge in [-0.3, -0.25) is 10.1 Å². The van der Waals surface area contributed by atoms with Gasteiger partial charge < -0.3 is 0 Å². The third-order valence-electron chi connectivity index (χ3n) is 0.274. The number of halogens is 1. The topological polar surface area (TPSA) is 46.2 Å². The first kappa shape index (κ1) is 6.07. The molecule has 4 heteroatoms. The van der Waals surface area contributed by atoms with Crippen LogP contribution in [0.2, 0.25) is 0 Å². The van der Waals surface area contributed by atoms with Crippen LogP contribution >= 0.6 is 0 Å². The Morgan fingerprint density at radius 2 is 2.00 bits per heavy atom. The van der Waals surface area contributed by atoms with Crippen LogP contribution in [-0.4, -0.2) is 12.1 Å². The number of carbonyl (C=O) groups is 2. The average molecular weight is 105 g/mol. The van der Waals surface area contributed by atoms with Gasteiger partial charge in [0, 0.05) is 6.92 Å². The Hall–Kier alpha value is -0.930. The van der Waals surface area contributed by atoms with E-state index in [1.807, 2.05) is 0 Å². The van der Waals surface area contributed by atoms with Crippen molar-refractivity contribution in [2.45, 2.75) is 6.92 Å². The van der Waals surface area contributed by atoms with Crippen LogP contribution in [0.4, 0.5) is 9.18 Å². The highest BCUT2D eigenvalue weighted by Gasteiger charge is 1.95. The van der Waals surface area contributed by atoms with Crippen LogP contribution in [-0.2, 0) is 4.79 Å². The van der Waals surface area contributed by atoms with Crippen LogP contribution in [0.1, 0.15) is 6.92 Å². The van der Waals surface area contributed by atoms with E-state index >= 15 is 0 Å². The molecule has 0 radical (unpaired) electrons. The molecule has 0 atom stereocenters. The maximum absolute atomic E-state index is 11.0. The fourth-order valence-corrected chi connectivity index (χ4v) is 0.138. The first-order chi connectivity index (χ1) is 3.13. The van der Waals surface area contributed by atoms with Gasteiger partial charge in [0.2, 0.25) is 5.91 Å². The Morgan fingerprint density at radius 3 is 2.00 bits per heavy atom. The number of imide groups is 1. The molecule has 0 heterocycles. The van der Waals surface area contributed by atoms with Gasteiger partial charge in [-0.1, -0.05) is 0 Å². The SMILES string of the molecule is CC(=O)NC(=O)F. The predicted octanol–water partition coefficient (Wildman–Crippen LogP) is 0.212. The zero-order chi connectivity index (χ0) is 5.86. The number of amides is 2. The normalized spacial score (nSPS) is 7.71. The Labute approximate surface area is 39.5 Å². The van der Waals surface area contributed by atoms with E-state index in [0.29, 0.717) is 0 Å². The molecule has 0 aromatic carbocycles. The Bertz CT molecular complexity index is 89.1. The van der Waals surface area contributed by atoms with E-state index in [0.717, 1.165) is 6.92 Å². The van der Waals surface area contributed by atoms with E-state index in [1.54, 1.807) is 0 Å². The van der Waals surface area contributed by atoms with Gasteiger partial charge in [-0.2, -0.15) is 0 Å². The Kier molecular flexibility index (Phi) is 1.98. The summed E-state index contributed by atoms with van der Waals surface area (Å²) in [6.07, 6.45) is -1.81. The van der Waals surface area contributed by atoms with Gasteiger partial charge in [0.25, 0.3) is 0 Å². The number of hydrogen-bond donors (Lipinski definition) is 1. The van der Waals surface area contributed by atoms with Crippen molar-refractivity contribution >= 4 is 12.1 Å². The molecule has 0 spiro atoms. The van der Waals surface area contributed by atoms with E-state index in [9.17, 15) is 14.0 Å². The average Bonchev–Trinajstić information content (AvgIpc) is 1.27. The van der Waals surface area contributed by atoms with E-state index in [1.165, 1.54) is 5.32 Å². The summed E-state index contributed by atoms with van der Waals surface area (Å²) >= 11 is 0. The molecule has 0 aliphatic rings.